The molecule has 2 aliphatic heterocycles. The SMILES string of the molecule is C=C.C=CC1=C(/C=C\C)CN(C(C(=O)N2CCCC2C=O)C(C)C)C1=O.CNCc1ccc(-c2scnc2C)cc1. The molecule has 2 amide bonds. The van der Waals surface area contributed by atoms with E-state index in [1.165, 1.54) is 16.0 Å². The minimum Gasteiger partial charge on any atom is -0.331 e. The van der Waals surface area contributed by atoms with Gasteiger partial charge in [0.2, 0.25) is 5.91 Å². The van der Waals surface area contributed by atoms with Crippen LogP contribution in [0.4, 0.5) is 0 Å². The fraction of sp³-hybridized carbons (Fsp3) is 0.394. The van der Waals surface area contributed by atoms with Crippen LogP contribution < -0.4 is 5.32 Å². The van der Waals surface area contributed by atoms with Gasteiger partial charge in [-0.15, -0.1) is 24.5 Å². The predicted molar refractivity (Wildman–Crippen MR) is 169 cm³/mol. The van der Waals surface area contributed by atoms with E-state index < -0.39 is 6.04 Å². The zero-order valence-corrected chi connectivity index (χ0v) is 25.9. The summed E-state index contributed by atoms with van der Waals surface area (Å²) >= 11 is 1.70. The molecule has 1 N–H and O–H groups in total. The largest absolute Gasteiger partial charge is 0.331 e. The van der Waals surface area contributed by atoms with Crippen LogP contribution in [-0.2, 0) is 20.9 Å². The maximum Gasteiger partial charge on any atom is 0.255 e. The number of allylic oxidation sites excluding steroid dienone is 1. The summed E-state index contributed by atoms with van der Waals surface area (Å²) in [4.78, 5) is 45.8. The van der Waals surface area contributed by atoms with Crippen molar-refractivity contribution in [3.63, 3.8) is 0 Å². The van der Waals surface area contributed by atoms with Gasteiger partial charge in [0.05, 0.1) is 22.1 Å². The molecule has 0 radical (unpaired) electrons. The Hall–Kier alpha value is -3.62. The van der Waals surface area contributed by atoms with Crippen molar-refractivity contribution in [1.29, 1.82) is 0 Å². The molecule has 2 aliphatic rings. The van der Waals surface area contributed by atoms with E-state index in [0.29, 0.717) is 25.1 Å². The molecular formula is C33H44N4O3S. The molecule has 1 aromatic carbocycles. The number of carbonyl (C=O) groups excluding carboxylic acids is 3. The van der Waals surface area contributed by atoms with Gasteiger partial charge in [0.1, 0.15) is 12.3 Å². The summed E-state index contributed by atoms with van der Waals surface area (Å²) in [6.45, 7) is 19.4. The molecule has 0 spiro atoms. The van der Waals surface area contributed by atoms with Crippen molar-refractivity contribution >= 4 is 29.4 Å². The van der Waals surface area contributed by atoms with Crippen molar-refractivity contribution in [3.8, 4) is 10.4 Å². The number of aryl methyl sites for hydroxylation is 1. The maximum absolute atomic E-state index is 13.1. The average Bonchev–Trinajstić information content (AvgIpc) is 3.70. The number of amides is 2. The number of hydrogen-bond acceptors (Lipinski definition) is 6. The molecule has 1 saturated heterocycles. The first kappa shape index (κ1) is 33.6. The molecule has 2 aromatic rings. The summed E-state index contributed by atoms with van der Waals surface area (Å²) in [7, 11) is 1.96. The standard InChI is InChI=1S/C19H26N2O3.C12H14N2S.C2H4/c1-5-8-14-11-21(18(23)16(14)6-2)17(13(3)4)19(24)20-10-7-9-15(20)12-22;1-9-12(15-8-14-9)11-5-3-10(4-6-11)7-13-2;1-2/h5-6,8,12-13,15,17H,2,7,9-11H2,1,3-4H3;3-6,8,13H,7H2,1-2H3;1-2H2/b8-5-;;. The summed E-state index contributed by atoms with van der Waals surface area (Å²) in [5.41, 5.74) is 7.01. The van der Waals surface area contributed by atoms with Gasteiger partial charge in [-0.3, -0.25) is 9.59 Å². The quantitative estimate of drug-likeness (QED) is 0.304. The van der Waals surface area contributed by atoms with E-state index in [2.05, 4.69) is 54.3 Å². The van der Waals surface area contributed by atoms with Crippen LogP contribution in [0.1, 0.15) is 44.9 Å². The van der Waals surface area contributed by atoms with Crippen molar-refractivity contribution in [2.24, 2.45) is 5.92 Å². The van der Waals surface area contributed by atoms with Crippen LogP contribution in [0.15, 0.2) is 78.9 Å². The molecule has 0 aliphatic carbocycles. The Labute approximate surface area is 249 Å². The van der Waals surface area contributed by atoms with Crippen LogP contribution >= 0.6 is 11.3 Å². The Balaban J connectivity index is 0.000000296. The smallest absolute Gasteiger partial charge is 0.255 e. The van der Waals surface area contributed by atoms with Crippen LogP contribution in [0.25, 0.3) is 10.4 Å². The Bertz CT molecular complexity index is 1250. The number of likely N-dealkylation sites (tertiary alicyclic amines) is 1. The maximum atomic E-state index is 13.1. The highest BCUT2D eigenvalue weighted by molar-refractivity contribution is 7.13. The van der Waals surface area contributed by atoms with Crippen LogP contribution in [0, 0.1) is 12.8 Å². The van der Waals surface area contributed by atoms with Crippen LogP contribution in [0.5, 0.6) is 0 Å². The number of aldehydes is 1. The molecule has 8 heteroatoms. The van der Waals surface area contributed by atoms with Crippen molar-refractivity contribution in [2.75, 3.05) is 20.1 Å². The first-order valence-electron chi connectivity index (χ1n) is 14.0. The zero-order chi connectivity index (χ0) is 30.5. The van der Waals surface area contributed by atoms with Gasteiger partial charge in [-0.2, -0.15) is 0 Å². The van der Waals surface area contributed by atoms with E-state index >= 15 is 0 Å². The molecule has 1 aromatic heterocycles. The fourth-order valence-corrected chi connectivity index (χ4v) is 5.94. The minimum atomic E-state index is -0.559. The second kappa shape index (κ2) is 16.6. The highest BCUT2D eigenvalue weighted by atomic mass is 32.1. The average molecular weight is 577 g/mol. The molecule has 41 heavy (non-hydrogen) atoms. The molecule has 0 saturated carbocycles. The summed E-state index contributed by atoms with van der Waals surface area (Å²) in [5.74, 6) is -0.324. The summed E-state index contributed by atoms with van der Waals surface area (Å²) in [6, 6.07) is 7.71. The summed E-state index contributed by atoms with van der Waals surface area (Å²) in [6.07, 6.45) is 7.70. The van der Waals surface area contributed by atoms with Gasteiger partial charge in [-0.25, -0.2) is 4.98 Å². The number of benzene rings is 1. The lowest BCUT2D eigenvalue weighted by molar-refractivity contribution is -0.146. The predicted octanol–water partition coefficient (Wildman–Crippen LogP) is 5.74. The van der Waals surface area contributed by atoms with Crippen LogP contribution in [-0.4, -0.2) is 65.1 Å². The topological polar surface area (TPSA) is 82.6 Å². The van der Waals surface area contributed by atoms with Gasteiger partial charge < -0.3 is 19.9 Å². The summed E-state index contributed by atoms with van der Waals surface area (Å²) < 4.78 is 0. The molecule has 2 unspecified atom stereocenters. The minimum absolute atomic E-state index is 0.0367. The number of nitrogens with zero attached hydrogens (tertiary/aromatic N) is 3. The Kier molecular flexibility index (Phi) is 13.6. The Morgan fingerprint density at radius 3 is 2.44 bits per heavy atom. The van der Waals surface area contributed by atoms with E-state index in [1.807, 2.05) is 52.4 Å². The molecule has 220 valence electrons. The third-order valence-corrected chi connectivity index (χ3v) is 8.03. The van der Waals surface area contributed by atoms with Crippen LogP contribution in [0.3, 0.4) is 0 Å². The van der Waals surface area contributed by atoms with E-state index in [4.69, 9.17) is 0 Å². The third kappa shape index (κ3) is 8.21. The number of thiazole rings is 1. The summed E-state index contributed by atoms with van der Waals surface area (Å²) in [5, 5.41) is 3.14. The number of aromatic nitrogens is 1. The number of hydrogen-bond donors (Lipinski definition) is 1. The monoisotopic (exact) mass is 576 g/mol. The second-order valence-electron chi connectivity index (χ2n) is 10.1. The molecular weight excluding hydrogens is 532 g/mol. The molecule has 1 fully saturated rings. The van der Waals surface area contributed by atoms with E-state index in [1.54, 1.807) is 27.2 Å². The van der Waals surface area contributed by atoms with E-state index in [-0.39, 0.29) is 23.8 Å². The molecule has 2 atom stereocenters. The lowest BCUT2D eigenvalue weighted by Crippen LogP contribution is -2.53. The van der Waals surface area contributed by atoms with Gasteiger partial charge in [0.25, 0.3) is 5.91 Å². The Morgan fingerprint density at radius 1 is 1.24 bits per heavy atom. The lowest BCUT2D eigenvalue weighted by atomic mass is 10.0. The first-order valence-corrected chi connectivity index (χ1v) is 14.8. The number of carbonyl (C=O) groups is 3. The fourth-order valence-electron chi connectivity index (χ4n) is 5.13. The first-order chi connectivity index (χ1) is 19.8. The molecule has 4 rings (SSSR count). The van der Waals surface area contributed by atoms with Crippen molar-refractivity contribution < 1.29 is 14.4 Å². The van der Waals surface area contributed by atoms with E-state index in [0.717, 1.165) is 30.5 Å². The van der Waals surface area contributed by atoms with Gasteiger partial charge >= 0.3 is 0 Å². The van der Waals surface area contributed by atoms with Crippen molar-refractivity contribution in [2.45, 2.75) is 59.2 Å². The lowest BCUT2D eigenvalue weighted by Gasteiger charge is -2.34. The van der Waals surface area contributed by atoms with E-state index in [9.17, 15) is 14.4 Å². The number of rotatable bonds is 9. The molecule has 7 nitrogen and oxygen atoms in total. The third-order valence-electron chi connectivity index (χ3n) is 7.05. The molecule has 3 heterocycles. The van der Waals surface area contributed by atoms with Crippen molar-refractivity contribution in [1.82, 2.24) is 20.1 Å². The highest BCUT2D eigenvalue weighted by Gasteiger charge is 2.42. The van der Waals surface area contributed by atoms with Crippen molar-refractivity contribution in [3.05, 3.63) is 90.1 Å². The Morgan fingerprint density at radius 2 is 1.93 bits per heavy atom. The van der Waals surface area contributed by atoms with Gasteiger partial charge in [0, 0.05) is 25.2 Å². The zero-order valence-electron chi connectivity index (χ0n) is 25.1. The van der Waals surface area contributed by atoms with Gasteiger partial charge in [-0.05, 0) is 56.4 Å². The van der Waals surface area contributed by atoms with Gasteiger partial charge in [0.15, 0.2) is 0 Å². The highest BCUT2D eigenvalue weighted by Crippen LogP contribution is 2.29. The molecule has 0 bridgehead atoms. The second-order valence-corrected chi connectivity index (χ2v) is 11.0. The number of nitrogens with one attached hydrogen (secondary N) is 1. The van der Waals surface area contributed by atoms with Gasteiger partial charge in [-0.1, -0.05) is 62.9 Å². The normalized spacial score (nSPS) is 17.3. The van der Waals surface area contributed by atoms with Crippen LogP contribution in [0.2, 0.25) is 0 Å².